The molecule has 2 amide bonds. The Morgan fingerprint density at radius 1 is 1.07 bits per heavy atom. The van der Waals surface area contributed by atoms with Crippen LogP contribution in [0.25, 0.3) is 11.1 Å². The van der Waals surface area contributed by atoms with Gasteiger partial charge in [-0.05, 0) is 44.6 Å². The largest absolute Gasteiger partial charge is 0.423 e. The van der Waals surface area contributed by atoms with Crippen molar-refractivity contribution >= 4 is 34.1 Å². The van der Waals surface area contributed by atoms with Crippen molar-refractivity contribution in [3.05, 3.63) is 91.1 Å². The number of hydrogen-bond donors (Lipinski definition) is 2. The molecule has 0 aliphatic heterocycles. The van der Waals surface area contributed by atoms with Crippen LogP contribution in [0.3, 0.4) is 0 Å². The smallest absolute Gasteiger partial charge is 0.417 e. The maximum atomic E-state index is 12.9. The lowest BCUT2D eigenvalue weighted by Gasteiger charge is -2.13. The predicted molar refractivity (Wildman–Crippen MR) is 152 cm³/mol. The lowest BCUT2D eigenvalue weighted by atomic mass is 9.96. The summed E-state index contributed by atoms with van der Waals surface area (Å²) >= 11 is 1.43. The number of nitriles is 1. The van der Waals surface area contributed by atoms with E-state index in [-0.39, 0.29) is 29.6 Å². The first kappa shape index (κ1) is 29.1. The lowest BCUT2D eigenvalue weighted by Crippen LogP contribution is -2.29. The molecular formula is C28H26N6O6S. The van der Waals surface area contributed by atoms with Crippen molar-refractivity contribution in [1.29, 1.82) is 5.26 Å². The van der Waals surface area contributed by atoms with Crippen LogP contribution in [0.1, 0.15) is 52.1 Å². The molecular weight excluding hydrogens is 548 g/mol. The number of carbonyl (C=O) groups is 2. The van der Waals surface area contributed by atoms with Crippen molar-refractivity contribution in [1.82, 2.24) is 14.9 Å². The van der Waals surface area contributed by atoms with E-state index in [1.165, 1.54) is 23.6 Å². The molecule has 41 heavy (non-hydrogen) atoms. The second-order valence-corrected chi connectivity index (χ2v) is 10.4. The van der Waals surface area contributed by atoms with Crippen LogP contribution in [0.4, 0.5) is 10.9 Å². The summed E-state index contributed by atoms with van der Waals surface area (Å²) in [5.74, 6) is -2.32. The van der Waals surface area contributed by atoms with Gasteiger partial charge in [-0.1, -0.05) is 31.2 Å². The number of rotatable bonds is 9. The van der Waals surface area contributed by atoms with E-state index < -0.39 is 28.8 Å². The van der Waals surface area contributed by atoms with Crippen LogP contribution < -0.4 is 21.9 Å². The zero-order chi connectivity index (χ0) is 29.7. The monoisotopic (exact) mass is 574 g/mol. The Morgan fingerprint density at radius 2 is 1.83 bits per heavy atom. The molecule has 12 nitrogen and oxygen atoms in total. The summed E-state index contributed by atoms with van der Waals surface area (Å²) < 4.78 is 9.84. The number of benzene rings is 1. The summed E-state index contributed by atoms with van der Waals surface area (Å²) in [5.41, 5.74) is -0.501. The molecule has 13 heteroatoms. The number of aryl methyl sites for hydroxylation is 1. The van der Waals surface area contributed by atoms with Gasteiger partial charge in [0.1, 0.15) is 6.07 Å². The molecule has 0 radical (unpaired) electrons. The molecule has 0 bridgehead atoms. The van der Waals surface area contributed by atoms with E-state index in [9.17, 15) is 24.4 Å². The summed E-state index contributed by atoms with van der Waals surface area (Å²) in [6, 6.07) is 10.8. The van der Waals surface area contributed by atoms with Gasteiger partial charge in [0, 0.05) is 22.8 Å². The molecule has 0 saturated carbocycles. The van der Waals surface area contributed by atoms with E-state index >= 15 is 0 Å². The Morgan fingerprint density at radius 3 is 2.51 bits per heavy atom. The van der Waals surface area contributed by atoms with E-state index in [0.29, 0.717) is 16.3 Å². The van der Waals surface area contributed by atoms with E-state index in [4.69, 9.17) is 8.83 Å². The van der Waals surface area contributed by atoms with Crippen molar-refractivity contribution in [2.45, 2.75) is 32.7 Å². The van der Waals surface area contributed by atoms with Crippen molar-refractivity contribution in [3.8, 4) is 17.2 Å². The Bertz CT molecular complexity index is 1770. The number of pyridine rings is 1. The highest BCUT2D eigenvalue weighted by Gasteiger charge is 2.23. The summed E-state index contributed by atoms with van der Waals surface area (Å²) in [4.78, 5) is 60.3. The van der Waals surface area contributed by atoms with E-state index in [1.807, 2.05) is 31.2 Å². The van der Waals surface area contributed by atoms with Crippen molar-refractivity contribution < 1.29 is 18.4 Å². The van der Waals surface area contributed by atoms with Crippen molar-refractivity contribution in [2.75, 3.05) is 24.7 Å². The molecule has 0 aliphatic carbocycles. The molecule has 0 saturated heterocycles. The fraction of sp³-hybridized carbons (Fsp3) is 0.250. The molecule has 2 N–H and O–H groups in total. The maximum absolute atomic E-state index is 12.9. The molecule has 0 fully saturated rings. The summed E-state index contributed by atoms with van der Waals surface area (Å²) in [6.45, 7) is 3.82. The zero-order valence-corrected chi connectivity index (χ0v) is 23.5. The summed E-state index contributed by atoms with van der Waals surface area (Å²) in [5, 5.41) is 15.6. The van der Waals surface area contributed by atoms with Gasteiger partial charge in [-0.25, -0.2) is 19.6 Å². The Hall–Kier alpha value is -4.93. The first-order valence-electron chi connectivity index (χ1n) is 12.5. The number of anilines is 2. The van der Waals surface area contributed by atoms with Gasteiger partial charge in [0.2, 0.25) is 11.7 Å². The van der Waals surface area contributed by atoms with Gasteiger partial charge < -0.3 is 24.4 Å². The third-order valence-corrected chi connectivity index (χ3v) is 7.04. The van der Waals surface area contributed by atoms with Gasteiger partial charge in [0.05, 0.1) is 18.0 Å². The minimum atomic E-state index is -1.33. The average Bonchev–Trinajstić information content (AvgIpc) is 3.41. The predicted octanol–water partition coefficient (Wildman–Crippen LogP) is 3.60. The number of thiazole rings is 1. The van der Waals surface area contributed by atoms with Gasteiger partial charge in [-0.2, -0.15) is 5.26 Å². The van der Waals surface area contributed by atoms with Crippen LogP contribution in [0, 0.1) is 11.3 Å². The lowest BCUT2D eigenvalue weighted by molar-refractivity contribution is -0.117. The van der Waals surface area contributed by atoms with Crippen molar-refractivity contribution in [2.24, 2.45) is 0 Å². The number of carbonyl (C=O) groups excluding carboxylic acids is 2. The van der Waals surface area contributed by atoms with E-state index in [1.54, 1.807) is 38.2 Å². The number of amides is 2. The number of hydrogen-bond acceptors (Lipinski definition) is 11. The molecule has 3 heterocycles. The summed E-state index contributed by atoms with van der Waals surface area (Å²) in [6.07, 6.45) is 4.04. The second-order valence-electron chi connectivity index (χ2n) is 9.28. The van der Waals surface area contributed by atoms with Gasteiger partial charge >= 0.3 is 11.3 Å². The van der Waals surface area contributed by atoms with Crippen LogP contribution in [-0.2, 0) is 17.8 Å². The Balaban J connectivity index is 1.56. The van der Waals surface area contributed by atoms with Gasteiger partial charge in [0.15, 0.2) is 16.7 Å². The Labute approximate surface area is 238 Å². The third kappa shape index (κ3) is 6.81. The van der Waals surface area contributed by atoms with Crippen LogP contribution in [0.15, 0.2) is 61.1 Å². The van der Waals surface area contributed by atoms with Crippen molar-refractivity contribution in [3.63, 3.8) is 0 Å². The third-order valence-electron chi connectivity index (χ3n) is 5.98. The average molecular weight is 575 g/mol. The highest BCUT2D eigenvalue weighted by atomic mass is 32.1. The van der Waals surface area contributed by atoms with E-state index in [2.05, 4.69) is 20.6 Å². The first-order chi connectivity index (χ1) is 19.6. The molecule has 1 unspecified atom stereocenters. The van der Waals surface area contributed by atoms with Gasteiger partial charge in [-0.15, -0.1) is 11.3 Å². The first-order valence-corrected chi connectivity index (χ1v) is 13.3. The van der Waals surface area contributed by atoms with Gasteiger partial charge in [0.25, 0.3) is 5.91 Å². The molecule has 4 aromatic rings. The molecule has 210 valence electrons. The number of nitrogens with one attached hydrogen (secondary N) is 2. The quantitative estimate of drug-likeness (QED) is 0.281. The molecule has 3 aromatic heterocycles. The summed E-state index contributed by atoms with van der Waals surface area (Å²) in [7, 11) is 3.35. The van der Waals surface area contributed by atoms with Gasteiger partial charge in [-0.3, -0.25) is 9.59 Å². The minimum Gasteiger partial charge on any atom is -0.417 e. The topological polar surface area (TPSA) is 171 Å². The highest BCUT2D eigenvalue weighted by Crippen LogP contribution is 2.28. The molecule has 1 aromatic carbocycles. The van der Waals surface area contributed by atoms with Crippen LogP contribution in [-0.4, -0.2) is 40.8 Å². The molecule has 1 atom stereocenters. The number of aromatic nitrogens is 2. The van der Waals surface area contributed by atoms with E-state index in [0.717, 1.165) is 16.9 Å². The second kappa shape index (κ2) is 12.5. The van der Waals surface area contributed by atoms with Crippen LogP contribution in [0.5, 0.6) is 0 Å². The molecule has 0 aliphatic rings. The molecule has 0 spiro atoms. The highest BCUT2D eigenvalue weighted by molar-refractivity contribution is 7.15. The number of nitrogens with zero attached hydrogens (tertiary/aromatic N) is 4. The van der Waals surface area contributed by atoms with Crippen LogP contribution in [0.2, 0.25) is 0 Å². The normalized spacial score (nSPS) is 11.6. The Kier molecular flexibility index (Phi) is 8.86. The maximum Gasteiger partial charge on any atom is 0.423 e. The SMILES string of the molecule is CCc1cnc(NC(=O)C(C)c2cccc(-c3cnc(NC(=O)c4oc(=O)c(=O)oc4CN(C)C)c(C#N)c3)c2)s1. The zero-order valence-electron chi connectivity index (χ0n) is 22.7. The minimum absolute atomic E-state index is 0.00957. The fourth-order valence-corrected chi connectivity index (χ4v) is 4.56. The molecule has 4 rings (SSSR count). The standard InChI is InChI=1S/C28H26N6O6S/c1-5-20-13-31-28(41-20)33-24(35)15(2)16-7-6-8-17(9-16)19-10-18(11-29)23(30-12-19)32-25(36)22-21(14-34(3)4)39-26(37)27(38)40-22/h6-10,12-13,15H,5,14H2,1-4H3,(H,30,32,36)(H,31,33,35). The van der Waals surface area contributed by atoms with Crippen LogP contribution >= 0.6 is 11.3 Å². The fourth-order valence-electron chi connectivity index (χ4n) is 3.81.